The molecule has 1 amide bonds. The smallest absolute Gasteiger partial charge is 0.271 e. The van der Waals surface area contributed by atoms with E-state index in [9.17, 15) is 9.90 Å². The second kappa shape index (κ2) is 6.82. The Morgan fingerprint density at radius 1 is 1.38 bits per heavy atom. The fourth-order valence-corrected chi connectivity index (χ4v) is 2.19. The molecule has 1 heterocycles. The van der Waals surface area contributed by atoms with Crippen LogP contribution < -0.4 is 10.2 Å². The molecule has 122 valence electrons. The summed E-state index contributed by atoms with van der Waals surface area (Å²) in [4.78, 5) is 19.2. The molecule has 0 aliphatic heterocycles. The van der Waals surface area contributed by atoms with Gasteiger partial charge in [0.1, 0.15) is 0 Å². The molecule has 0 saturated carbocycles. The lowest BCUT2D eigenvalue weighted by molar-refractivity contribution is 0.0955. The van der Waals surface area contributed by atoms with Crippen molar-refractivity contribution in [2.75, 3.05) is 6.61 Å². The van der Waals surface area contributed by atoms with Crippen LogP contribution in [0.5, 0.6) is 11.5 Å². The van der Waals surface area contributed by atoms with E-state index in [4.69, 9.17) is 4.74 Å². The number of carbonyl (C=O) groups excluding carboxylic acids is 1. The molecule has 2 aromatic carbocycles. The first-order valence-electron chi connectivity index (χ1n) is 7.39. The van der Waals surface area contributed by atoms with Crippen molar-refractivity contribution in [3.05, 3.63) is 53.9 Å². The lowest BCUT2D eigenvalue weighted by Crippen LogP contribution is -2.17. The first kappa shape index (κ1) is 15.5. The number of aromatic amines is 1. The van der Waals surface area contributed by atoms with Gasteiger partial charge < -0.3 is 14.8 Å². The van der Waals surface area contributed by atoms with Crippen LogP contribution in [0.3, 0.4) is 0 Å². The Bertz CT molecular complexity index is 902. The molecule has 24 heavy (non-hydrogen) atoms. The molecular formula is C17H16N4O3. The van der Waals surface area contributed by atoms with Crippen molar-refractivity contribution in [3.63, 3.8) is 0 Å². The highest BCUT2D eigenvalue weighted by atomic mass is 16.5. The highest BCUT2D eigenvalue weighted by Gasteiger charge is 2.06. The maximum Gasteiger partial charge on any atom is 0.271 e. The number of hydrazone groups is 1. The molecule has 0 unspecified atom stereocenters. The van der Waals surface area contributed by atoms with E-state index in [1.165, 1.54) is 12.3 Å². The summed E-state index contributed by atoms with van der Waals surface area (Å²) in [7, 11) is 0. The standard InChI is InChI=1S/C17H16N4O3/c1-2-24-16-7-11(3-6-15(16)22)9-20-21-17(23)12-4-5-13-14(8-12)19-10-18-13/h3-10,22H,2H2,1H3,(H,18,19)(H,21,23)/b20-9+. The van der Waals surface area contributed by atoms with E-state index in [-0.39, 0.29) is 11.7 Å². The zero-order chi connectivity index (χ0) is 16.9. The number of H-pyrrole nitrogens is 1. The lowest BCUT2D eigenvalue weighted by Gasteiger charge is -2.06. The molecule has 0 aliphatic rings. The van der Waals surface area contributed by atoms with Gasteiger partial charge in [0.25, 0.3) is 5.91 Å². The maximum absolute atomic E-state index is 12.1. The zero-order valence-electron chi connectivity index (χ0n) is 13.0. The van der Waals surface area contributed by atoms with Crippen LogP contribution in [0.4, 0.5) is 0 Å². The number of ether oxygens (including phenoxy) is 1. The van der Waals surface area contributed by atoms with Gasteiger partial charge >= 0.3 is 0 Å². The molecule has 3 aromatic rings. The van der Waals surface area contributed by atoms with E-state index in [1.54, 1.807) is 36.7 Å². The van der Waals surface area contributed by atoms with Crippen molar-refractivity contribution < 1.29 is 14.6 Å². The Balaban J connectivity index is 1.69. The zero-order valence-corrected chi connectivity index (χ0v) is 13.0. The minimum atomic E-state index is -0.327. The average Bonchev–Trinajstić information content (AvgIpc) is 3.05. The number of phenolic OH excluding ortho intramolecular Hbond substituents is 1. The number of benzene rings is 2. The molecule has 0 bridgehead atoms. The summed E-state index contributed by atoms with van der Waals surface area (Å²) in [5.74, 6) is 0.106. The lowest BCUT2D eigenvalue weighted by atomic mass is 10.2. The molecule has 0 spiro atoms. The number of nitrogens with one attached hydrogen (secondary N) is 2. The van der Waals surface area contributed by atoms with Crippen molar-refractivity contribution >= 4 is 23.2 Å². The van der Waals surface area contributed by atoms with Crippen molar-refractivity contribution in [1.29, 1.82) is 0 Å². The van der Waals surface area contributed by atoms with Crippen LogP contribution >= 0.6 is 0 Å². The van der Waals surface area contributed by atoms with Gasteiger partial charge in [0.2, 0.25) is 0 Å². The van der Waals surface area contributed by atoms with Crippen LogP contribution in [0.25, 0.3) is 11.0 Å². The number of imidazole rings is 1. The largest absolute Gasteiger partial charge is 0.504 e. The average molecular weight is 324 g/mol. The van der Waals surface area contributed by atoms with Gasteiger partial charge in [-0.3, -0.25) is 4.79 Å². The number of aromatic nitrogens is 2. The SMILES string of the molecule is CCOc1cc(/C=N/NC(=O)c2ccc3nc[nH]c3c2)ccc1O. The molecule has 0 saturated heterocycles. The van der Waals surface area contributed by atoms with Gasteiger partial charge in [0.15, 0.2) is 11.5 Å². The summed E-state index contributed by atoms with van der Waals surface area (Å²) in [6, 6.07) is 9.98. The predicted octanol–water partition coefficient (Wildman–Crippen LogP) is 2.43. The van der Waals surface area contributed by atoms with Crippen LogP contribution in [0.15, 0.2) is 47.8 Å². The molecule has 0 aliphatic carbocycles. The van der Waals surface area contributed by atoms with E-state index < -0.39 is 0 Å². The van der Waals surface area contributed by atoms with E-state index in [2.05, 4.69) is 20.5 Å². The molecule has 7 heteroatoms. The summed E-state index contributed by atoms with van der Waals surface area (Å²) in [5, 5.41) is 13.6. The van der Waals surface area contributed by atoms with Gasteiger partial charge in [-0.1, -0.05) is 0 Å². The molecule has 7 nitrogen and oxygen atoms in total. The third-order valence-electron chi connectivity index (χ3n) is 3.35. The highest BCUT2D eigenvalue weighted by molar-refractivity contribution is 5.97. The van der Waals surface area contributed by atoms with E-state index in [1.807, 2.05) is 6.92 Å². The third kappa shape index (κ3) is 3.35. The number of nitrogens with zero attached hydrogens (tertiary/aromatic N) is 2. The van der Waals surface area contributed by atoms with Crippen molar-refractivity contribution in [2.24, 2.45) is 5.10 Å². The van der Waals surface area contributed by atoms with Crippen LogP contribution in [-0.4, -0.2) is 33.8 Å². The predicted molar refractivity (Wildman–Crippen MR) is 90.4 cm³/mol. The first-order valence-corrected chi connectivity index (χ1v) is 7.39. The van der Waals surface area contributed by atoms with E-state index >= 15 is 0 Å². The van der Waals surface area contributed by atoms with E-state index in [0.717, 1.165) is 11.0 Å². The van der Waals surface area contributed by atoms with Gasteiger partial charge in [-0.2, -0.15) is 5.10 Å². The Hall–Kier alpha value is -3.35. The molecule has 0 fully saturated rings. The minimum Gasteiger partial charge on any atom is -0.504 e. The Morgan fingerprint density at radius 2 is 2.25 bits per heavy atom. The molecule has 0 radical (unpaired) electrons. The Morgan fingerprint density at radius 3 is 3.08 bits per heavy atom. The molecule has 1 aromatic heterocycles. The quantitative estimate of drug-likeness (QED) is 0.496. The topological polar surface area (TPSA) is 99.6 Å². The Labute approximate surface area is 138 Å². The van der Waals surface area contributed by atoms with Crippen LogP contribution in [0.2, 0.25) is 0 Å². The second-order valence-corrected chi connectivity index (χ2v) is 4.99. The number of phenols is 1. The molecule has 3 N–H and O–H groups in total. The number of hydrogen-bond donors (Lipinski definition) is 3. The number of aromatic hydroxyl groups is 1. The first-order chi connectivity index (χ1) is 11.7. The normalized spacial score (nSPS) is 11.0. The monoisotopic (exact) mass is 324 g/mol. The highest BCUT2D eigenvalue weighted by Crippen LogP contribution is 2.26. The van der Waals surface area contributed by atoms with Gasteiger partial charge in [0.05, 0.1) is 30.2 Å². The number of fused-ring (bicyclic) bond motifs is 1. The summed E-state index contributed by atoms with van der Waals surface area (Å²) < 4.78 is 5.30. The van der Waals surface area contributed by atoms with Crippen LogP contribution in [-0.2, 0) is 0 Å². The third-order valence-corrected chi connectivity index (χ3v) is 3.35. The van der Waals surface area contributed by atoms with Gasteiger partial charge in [0, 0.05) is 5.56 Å². The number of amides is 1. The van der Waals surface area contributed by atoms with Crippen molar-refractivity contribution in [2.45, 2.75) is 6.92 Å². The number of rotatable bonds is 5. The summed E-state index contributed by atoms with van der Waals surface area (Å²) in [6.07, 6.45) is 3.06. The maximum atomic E-state index is 12.1. The fraction of sp³-hybridized carbons (Fsp3) is 0.118. The minimum absolute atomic E-state index is 0.0610. The van der Waals surface area contributed by atoms with Gasteiger partial charge in [-0.25, -0.2) is 10.4 Å². The van der Waals surface area contributed by atoms with Crippen LogP contribution in [0.1, 0.15) is 22.8 Å². The number of carbonyl (C=O) groups is 1. The summed E-state index contributed by atoms with van der Waals surface area (Å²) in [6.45, 7) is 2.28. The number of hydrogen-bond acceptors (Lipinski definition) is 5. The molecule has 3 rings (SSSR count). The summed E-state index contributed by atoms with van der Waals surface area (Å²) >= 11 is 0. The van der Waals surface area contributed by atoms with Crippen LogP contribution in [0, 0.1) is 0 Å². The van der Waals surface area contributed by atoms with Gasteiger partial charge in [-0.15, -0.1) is 0 Å². The molecular weight excluding hydrogens is 308 g/mol. The van der Waals surface area contributed by atoms with E-state index in [0.29, 0.717) is 23.5 Å². The van der Waals surface area contributed by atoms with Crippen molar-refractivity contribution in [3.8, 4) is 11.5 Å². The van der Waals surface area contributed by atoms with Gasteiger partial charge in [-0.05, 0) is 48.9 Å². The second-order valence-electron chi connectivity index (χ2n) is 4.99. The summed E-state index contributed by atoms with van der Waals surface area (Å²) in [5.41, 5.74) is 5.21. The fourth-order valence-electron chi connectivity index (χ4n) is 2.19. The van der Waals surface area contributed by atoms with Crippen molar-refractivity contribution in [1.82, 2.24) is 15.4 Å². The Kier molecular flexibility index (Phi) is 4.42. The molecule has 0 atom stereocenters.